The fourth-order valence-corrected chi connectivity index (χ4v) is 5.60. The fourth-order valence-electron chi connectivity index (χ4n) is 5.60. The average molecular weight is 587 g/mol. The van der Waals surface area contributed by atoms with Crippen LogP contribution < -0.4 is 15.5 Å². The Balaban J connectivity index is 1.10. The summed E-state index contributed by atoms with van der Waals surface area (Å²) in [5.41, 5.74) is 3.84. The van der Waals surface area contributed by atoms with Gasteiger partial charge in [-0.3, -0.25) is 0 Å². The van der Waals surface area contributed by atoms with Crippen LogP contribution in [0.3, 0.4) is 0 Å². The van der Waals surface area contributed by atoms with Crippen LogP contribution in [0.15, 0.2) is 61.1 Å². The highest BCUT2D eigenvalue weighted by Gasteiger charge is 2.29. The van der Waals surface area contributed by atoms with Crippen molar-refractivity contribution in [2.24, 2.45) is 0 Å². The summed E-state index contributed by atoms with van der Waals surface area (Å²) < 4.78 is 12.9. The number of urea groups is 1. The molecule has 2 aromatic carbocycles. The Bertz CT molecular complexity index is 1570. The first kappa shape index (κ1) is 28.4. The first-order chi connectivity index (χ1) is 21.0. The Kier molecular flexibility index (Phi) is 8.34. The van der Waals surface area contributed by atoms with Crippen molar-refractivity contribution in [3.63, 3.8) is 0 Å². The van der Waals surface area contributed by atoms with Gasteiger partial charge in [0, 0.05) is 37.6 Å². The molecule has 0 aliphatic carbocycles. The molecule has 2 aliphatic rings. The number of hydrogen-bond acceptors (Lipinski definition) is 9. The summed E-state index contributed by atoms with van der Waals surface area (Å²) in [6.07, 6.45) is 4.48. The van der Waals surface area contributed by atoms with Gasteiger partial charge in [0.25, 0.3) is 0 Å². The van der Waals surface area contributed by atoms with E-state index < -0.39 is 0 Å². The smallest absolute Gasteiger partial charge is 0.409 e. The molecule has 3 N–H and O–H groups in total. The van der Waals surface area contributed by atoms with E-state index in [4.69, 9.17) is 9.47 Å². The Labute approximate surface area is 248 Å². The summed E-state index contributed by atoms with van der Waals surface area (Å²) in [6, 6.07) is 14.4. The maximum absolute atomic E-state index is 12.4. The molecule has 6 rings (SSSR count). The number of carbonyl (C=O) groups is 2. The van der Waals surface area contributed by atoms with E-state index in [1.54, 1.807) is 35.5 Å². The number of aliphatic hydroxyl groups excluding tert-OH is 1. The molecule has 0 bridgehead atoms. The van der Waals surface area contributed by atoms with Crippen LogP contribution in [-0.2, 0) is 16.1 Å². The zero-order valence-electron chi connectivity index (χ0n) is 23.8. The molecule has 0 radical (unpaired) electrons. The van der Waals surface area contributed by atoms with E-state index in [1.165, 1.54) is 7.11 Å². The standard InChI is InChI=1S/C30H34N8O5/c1-42-30(41)36-12-10-24(11-13-36)38-28-25(16-33-38)27(31-19-32-28)37-14-15-43-26(17-37)21-4-8-23(9-5-21)35-29(40)34-22-6-2-20(18-39)3-7-22/h2-9,16,19,24,26,39H,10-15,17-18H2,1H3,(H2,34,35,40). The van der Waals surface area contributed by atoms with Crippen molar-refractivity contribution >= 4 is 40.4 Å². The van der Waals surface area contributed by atoms with Gasteiger partial charge in [-0.2, -0.15) is 5.10 Å². The van der Waals surface area contributed by atoms with Gasteiger partial charge < -0.3 is 35.0 Å². The van der Waals surface area contributed by atoms with E-state index in [2.05, 4.69) is 30.6 Å². The fraction of sp³-hybridized carbons (Fsp3) is 0.367. The van der Waals surface area contributed by atoms with Gasteiger partial charge in [0.05, 0.1) is 37.9 Å². The van der Waals surface area contributed by atoms with Gasteiger partial charge in [0.15, 0.2) is 5.65 Å². The Morgan fingerprint density at radius 2 is 1.70 bits per heavy atom. The van der Waals surface area contributed by atoms with E-state index >= 15 is 0 Å². The number of aliphatic hydroxyl groups is 1. The topological polar surface area (TPSA) is 147 Å². The van der Waals surface area contributed by atoms with Gasteiger partial charge in [0.1, 0.15) is 18.2 Å². The van der Waals surface area contributed by atoms with Crippen LogP contribution in [0.2, 0.25) is 0 Å². The number of amides is 3. The number of carbonyl (C=O) groups excluding carboxylic acids is 2. The van der Waals surface area contributed by atoms with Crippen molar-refractivity contribution < 1.29 is 24.2 Å². The predicted molar refractivity (Wildman–Crippen MR) is 160 cm³/mol. The number of nitrogens with zero attached hydrogens (tertiary/aromatic N) is 6. The molecular formula is C30H34N8O5. The molecule has 0 saturated carbocycles. The van der Waals surface area contributed by atoms with Gasteiger partial charge in [-0.15, -0.1) is 0 Å². The number of hydrogen-bond donors (Lipinski definition) is 3. The molecule has 4 aromatic rings. The second kappa shape index (κ2) is 12.6. The summed E-state index contributed by atoms with van der Waals surface area (Å²) in [6.45, 7) is 3.00. The van der Waals surface area contributed by atoms with Crippen LogP contribution in [0.25, 0.3) is 11.0 Å². The molecule has 13 heteroatoms. The number of morpholine rings is 1. The number of benzene rings is 2. The Hall–Kier alpha value is -4.75. The number of nitrogens with one attached hydrogen (secondary N) is 2. The van der Waals surface area contributed by atoms with Crippen LogP contribution in [0.5, 0.6) is 0 Å². The maximum Gasteiger partial charge on any atom is 0.409 e. The SMILES string of the molecule is COC(=O)N1CCC(n2ncc3c(N4CCOC(c5ccc(NC(=O)Nc6ccc(CO)cc6)cc5)C4)ncnc32)CC1. The summed E-state index contributed by atoms with van der Waals surface area (Å²) in [5.74, 6) is 0.818. The first-order valence-corrected chi connectivity index (χ1v) is 14.3. The lowest BCUT2D eigenvalue weighted by molar-refractivity contribution is 0.0396. The summed E-state index contributed by atoms with van der Waals surface area (Å²) in [5, 5.41) is 20.4. The minimum atomic E-state index is -0.355. The number of likely N-dealkylation sites (tertiary alicyclic amines) is 1. The van der Waals surface area contributed by atoms with Crippen LogP contribution >= 0.6 is 0 Å². The van der Waals surface area contributed by atoms with Crippen molar-refractivity contribution in [1.82, 2.24) is 24.6 Å². The molecular weight excluding hydrogens is 552 g/mol. The van der Waals surface area contributed by atoms with Crippen molar-refractivity contribution in [2.75, 3.05) is 55.4 Å². The number of rotatable bonds is 6. The summed E-state index contributed by atoms with van der Waals surface area (Å²) in [7, 11) is 1.40. The number of piperidine rings is 1. The zero-order chi connectivity index (χ0) is 29.8. The second-order valence-electron chi connectivity index (χ2n) is 10.6. The van der Waals surface area contributed by atoms with Crippen molar-refractivity contribution in [2.45, 2.75) is 31.6 Å². The Morgan fingerprint density at radius 1 is 1.00 bits per heavy atom. The monoisotopic (exact) mass is 586 g/mol. The minimum Gasteiger partial charge on any atom is -0.453 e. The van der Waals surface area contributed by atoms with E-state index in [0.29, 0.717) is 44.2 Å². The van der Waals surface area contributed by atoms with Crippen LogP contribution in [0, 0.1) is 0 Å². The largest absolute Gasteiger partial charge is 0.453 e. The first-order valence-electron chi connectivity index (χ1n) is 14.3. The molecule has 2 saturated heterocycles. The number of aromatic nitrogens is 4. The predicted octanol–water partition coefficient (Wildman–Crippen LogP) is 3.94. The molecule has 224 valence electrons. The van der Waals surface area contributed by atoms with Crippen molar-refractivity contribution in [1.29, 1.82) is 0 Å². The molecule has 13 nitrogen and oxygen atoms in total. The van der Waals surface area contributed by atoms with E-state index in [-0.39, 0.29) is 30.9 Å². The third kappa shape index (κ3) is 6.22. The molecule has 0 spiro atoms. The number of ether oxygens (including phenoxy) is 2. The number of anilines is 3. The van der Waals surface area contributed by atoms with E-state index in [9.17, 15) is 14.7 Å². The van der Waals surface area contributed by atoms with Gasteiger partial charge >= 0.3 is 12.1 Å². The van der Waals surface area contributed by atoms with E-state index in [1.807, 2.05) is 35.1 Å². The van der Waals surface area contributed by atoms with Gasteiger partial charge in [-0.1, -0.05) is 24.3 Å². The molecule has 43 heavy (non-hydrogen) atoms. The highest BCUT2D eigenvalue weighted by molar-refractivity contribution is 5.99. The highest BCUT2D eigenvalue weighted by atomic mass is 16.5. The molecule has 3 amide bonds. The summed E-state index contributed by atoms with van der Waals surface area (Å²) >= 11 is 0. The lowest BCUT2D eigenvalue weighted by Gasteiger charge is -2.34. The zero-order valence-corrected chi connectivity index (χ0v) is 23.8. The minimum absolute atomic E-state index is 0.0459. The molecule has 2 aliphatic heterocycles. The summed E-state index contributed by atoms with van der Waals surface area (Å²) in [4.78, 5) is 37.4. The lowest BCUT2D eigenvalue weighted by Crippen LogP contribution is -2.39. The molecule has 2 fully saturated rings. The van der Waals surface area contributed by atoms with Gasteiger partial charge in [-0.25, -0.2) is 24.2 Å². The van der Waals surface area contributed by atoms with Gasteiger partial charge in [-0.05, 0) is 48.2 Å². The molecule has 2 aromatic heterocycles. The molecule has 1 unspecified atom stereocenters. The third-order valence-corrected chi connectivity index (χ3v) is 7.91. The number of fused-ring (bicyclic) bond motifs is 1. The van der Waals surface area contributed by atoms with Crippen LogP contribution in [-0.4, -0.2) is 81.8 Å². The lowest BCUT2D eigenvalue weighted by atomic mass is 10.1. The average Bonchev–Trinajstić information content (AvgIpc) is 3.50. The third-order valence-electron chi connectivity index (χ3n) is 7.91. The number of methoxy groups -OCH3 is 1. The normalized spacial score (nSPS) is 17.6. The van der Waals surface area contributed by atoms with Crippen LogP contribution in [0.4, 0.5) is 26.8 Å². The van der Waals surface area contributed by atoms with Crippen LogP contribution in [0.1, 0.15) is 36.1 Å². The second-order valence-corrected chi connectivity index (χ2v) is 10.6. The van der Waals surface area contributed by atoms with Gasteiger partial charge in [0.2, 0.25) is 0 Å². The van der Waals surface area contributed by atoms with E-state index in [0.717, 1.165) is 40.8 Å². The van der Waals surface area contributed by atoms with Crippen molar-refractivity contribution in [3.05, 3.63) is 72.2 Å². The molecule has 1 atom stereocenters. The quantitative estimate of drug-likeness (QED) is 0.306. The maximum atomic E-state index is 12.4. The molecule has 4 heterocycles. The van der Waals surface area contributed by atoms with Crippen molar-refractivity contribution in [3.8, 4) is 0 Å². The Morgan fingerprint density at radius 3 is 2.37 bits per heavy atom. The highest BCUT2D eigenvalue weighted by Crippen LogP contribution is 2.32.